The number of hydrogen-bond donors (Lipinski definition) is 2. The minimum absolute atomic E-state index is 0.0584. The number of hydrogen-bond acceptors (Lipinski definition) is 6. The standard InChI is InChI=1S/C18H14N4O3S/c1-10-16(13-4-2-3-7-19-13)26-18(20-10)22-17(24)11-5-6-12-14(8-11)25-9-15(23)21-12/h2-8H,9H2,1H3,(H,21,23)(H,20,22,24). The molecule has 3 aromatic rings. The first-order chi connectivity index (χ1) is 12.6. The third kappa shape index (κ3) is 3.14. The van der Waals surface area contributed by atoms with E-state index in [4.69, 9.17) is 4.74 Å². The number of aryl methyl sites for hydroxylation is 1. The molecule has 1 aromatic carbocycles. The number of anilines is 2. The average molecular weight is 366 g/mol. The number of carbonyl (C=O) groups is 2. The van der Waals surface area contributed by atoms with Crippen LogP contribution < -0.4 is 15.4 Å². The monoisotopic (exact) mass is 366 g/mol. The lowest BCUT2D eigenvalue weighted by Gasteiger charge is -2.18. The molecule has 0 unspecified atom stereocenters. The van der Waals surface area contributed by atoms with Crippen molar-refractivity contribution in [3.8, 4) is 16.3 Å². The lowest BCUT2D eigenvalue weighted by molar-refractivity contribution is -0.118. The second-order valence-electron chi connectivity index (χ2n) is 5.65. The van der Waals surface area contributed by atoms with Crippen LogP contribution in [0.1, 0.15) is 16.1 Å². The van der Waals surface area contributed by atoms with Crippen molar-refractivity contribution in [1.29, 1.82) is 0 Å². The van der Waals surface area contributed by atoms with Gasteiger partial charge in [0.2, 0.25) is 0 Å². The Morgan fingerprint density at radius 2 is 2.19 bits per heavy atom. The van der Waals surface area contributed by atoms with Gasteiger partial charge in [-0.3, -0.25) is 19.9 Å². The fraction of sp³-hybridized carbons (Fsp3) is 0.111. The molecule has 2 N–H and O–H groups in total. The van der Waals surface area contributed by atoms with Crippen LogP contribution in [-0.4, -0.2) is 28.4 Å². The molecular weight excluding hydrogens is 352 g/mol. The van der Waals surface area contributed by atoms with Gasteiger partial charge in [0.25, 0.3) is 11.8 Å². The maximum atomic E-state index is 12.5. The van der Waals surface area contributed by atoms with Gasteiger partial charge < -0.3 is 10.1 Å². The third-order valence-electron chi connectivity index (χ3n) is 3.79. The van der Waals surface area contributed by atoms with Crippen LogP contribution in [0.25, 0.3) is 10.6 Å². The van der Waals surface area contributed by atoms with Crippen LogP contribution in [-0.2, 0) is 4.79 Å². The van der Waals surface area contributed by atoms with E-state index in [9.17, 15) is 9.59 Å². The SMILES string of the molecule is Cc1nc(NC(=O)c2ccc3c(c2)OCC(=O)N3)sc1-c1ccccn1. The van der Waals surface area contributed by atoms with E-state index in [2.05, 4.69) is 20.6 Å². The number of thiazole rings is 1. The first kappa shape index (κ1) is 16.2. The largest absolute Gasteiger partial charge is 0.482 e. The lowest BCUT2D eigenvalue weighted by atomic mass is 10.1. The number of pyridine rings is 1. The molecular formula is C18H14N4O3S. The number of ether oxygens (including phenoxy) is 1. The number of amides is 2. The van der Waals surface area contributed by atoms with Gasteiger partial charge in [-0.1, -0.05) is 17.4 Å². The van der Waals surface area contributed by atoms with Crippen molar-refractivity contribution in [2.24, 2.45) is 0 Å². The summed E-state index contributed by atoms with van der Waals surface area (Å²) < 4.78 is 5.34. The summed E-state index contributed by atoms with van der Waals surface area (Å²) in [5.41, 5.74) is 2.61. The molecule has 130 valence electrons. The second-order valence-corrected chi connectivity index (χ2v) is 6.65. The van der Waals surface area contributed by atoms with Crippen molar-refractivity contribution in [2.45, 2.75) is 6.92 Å². The molecule has 0 spiro atoms. The first-order valence-electron chi connectivity index (χ1n) is 7.87. The molecule has 3 heterocycles. The Bertz CT molecular complexity index is 1000. The van der Waals surface area contributed by atoms with E-state index in [0.717, 1.165) is 16.3 Å². The quantitative estimate of drug-likeness (QED) is 0.743. The second kappa shape index (κ2) is 6.57. The Balaban J connectivity index is 1.55. The number of rotatable bonds is 3. The number of nitrogens with one attached hydrogen (secondary N) is 2. The molecule has 1 aliphatic rings. The highest BCUT2D eigenvalue weighted by molar-refractivity contribution is 7.19. The predicted octanol–water partition coefficient (Wildman–Crippen LogP) is 3.10. The number of nitrogens with zero attached hydrogens (tertiary/aromatic N) is 2. The summed E-state index contributed by atoms with van der Waals surface area (Å²) in [4.78, 5) is 33.5. The molecule has 0 radical (unpaired) electrons. The molecule has 8 heteroatoms. The van der Waals surface area contributed by atoms with Crippen LogP contribution in [0.15, 0.2) is 42.6 Å². The van der Waals surface area contributed by atoms with Crippen LogP contribution >= 0.6 is 11.3 Å². The Morgan fingerprint density at radius 1 is 1.31 bits per heavy atom. The topological polar surface area (TPSA) is 93.2 Å². The van der Waals surface area contributed by atoms with Crippen molar-refractivity contribution in [2.75, 3.05) is 17.2 Å². The van der Waals surface area contributed by atoms with Crippen molar-refractivity contribution in [3.05, 3.63) is 53.9 Å². The Labute approximate surface area is 153 Å². The molecule has 2 amide bonds. The summed E-state index contributed by atoms with van der Waals surface area (Å²) in [5, 5.41) is 5.99. The molecule has 2 aromatic heterocycles. The van der Waals surface area contributed by atoms with Crippen molar-refractivity contribution in [1.82, 2.24) is 9.97 Å². The summed E-state index contributed by atoms with van der Waals surface area (Å²) in [5.74, 6) is -0.0358. The Kier molecular flexibility index (Phi) is 4.10. The smallest absolute Gasteiger partial charge is 0.262 e. The molecule has 0 atom stereocenters. The van der Waals surface area contributed by atoms with Crippen LogP contribution in [0.2, 0.25) is 0 Å². The van der Waals surface area contributed by atoms with E-state index in [1.54, 1.807) is 24.4 Å². The molecule has 4 rings (SSSR count). The molecule has 0 fully saturated rings. The summed E-state index contributed by atoms with van der Waals surface area (Å²) in [6, 6.07) is 10.5. The molecule has 7 nitrogen and oxygen atoms in total. The van der Waals surface area contributed by atoms with Gasteiger partial charge >= 0.3 is 0 Å². The zero-order chi connectivity index (χ0) is 18.1. The van der Waals surface area contributed by atoms with Gasteiger partial charge in [-0.2, -0.15) is 0 Å². The highest BCUT2D eigenvalue weighted by Crippen LogP contribution is 2.32. The normalized spacial score (nSPS) is 12.7. The van der Waals surface area contributed by atoms with Crippen LogP contribution in [0, 0.1) is 6.92 Å². The maximum absolute atomic E-state index is 12.5. The fourth-order valence-electron chi connectivity index (χ4n) is 2.57. The number of fused-ring (bicyclic) bond motifs is 1. The van der Waals surface area contributed by atoms with Crippen molar-refractivity contribution >= 4 is 34.0 Å². The van der Waals surface area contributed by atoms with Gasteiger partial charge in [-0.15, -0.1) is 0 Å². The molecule has 0 aliphatic carbocycles. The minimum Gasteiger partial charge on any atom is -0.482 e. The number of carbonyl (C=O) groups excluding carboxylic acids is 2. The van der Waals surface area contributed by atoms with E-state index >= 15 is 0 Å². The molecule has 0 saturated heterocycles. The fourth-order valence-corrected chi connectivity index (χ4v) is 3.51. The highest BCUT2D eigenvalue weighted by atomic mass is 32.1. The van der Waals surface area contributed by atoms with E-state index < -0.39 is 0 Å². The van der Waals surface area contributed by atoms with E-state index in [1.165, 1.54) is 11.3 Å². The van der Waals surface area contributed by atoms with Crippen molar-refractivity contribution in [3.63, 3.8) is 0 Å². The van der Waals surface area contributed by atoms with Crippen molar-refractivity contribution < 1.29 is 14.3 Å². The van der Waals surface area contributed by atoms with Gasteiger partial charge in [-0.05, 0) is 37.3 Å². The minimum atomic E-state index is -0.297. The Hall–Kier alpha value is -3.26. The maximum Gasteiger partial charge on any atom is 0.262 e. The van der Waals surface area contributed by atoms with E-state index in [-0.39, 0.29) is 18.4 Å². The molecule has 0 saturated carbocycles. The predicted molar refractivity (Wildman–Crippen MR) is 98.6 cm³/mol. The van der Waals surface area contributed by atoms with E-state index in [1.807, 2.05) is 25.1 Å². The van der Waals surface area contributed by atoms with Crippen LogP contribution in [0.4, 0.5) is 10.8 Å². The zero-order valence-electron chi connectivity index (χ0n) is 13.8. The van der Waals surface area contributed by atoms with E-state index in [0.29, 0.717) is 22.1 Å². The van der Waals surface area contributed by atoms with Crippen LogP contribution in [0.3, 0.4) is 0 Å². The average Bonchev–Trinajstić information content (AvgIpc) is 3.02. The number of benzene rings is 1. The molecule has 0 bridgehead atoms. The third-order valence-corrected chi connectivity index (χ3v) is 4.89. The van der Waals surface area contributed by atoms with Gasteiger partial charge in [0.15, 0.2) is 11.7 Å². The summed E-state index contributed by atoms with van der Waals surface area (Å²) >= 11 is 1.37. The molecule has 26 heavy (non-hydrogen) atoms. The van der Waals surface area contributed by atoms with Gasteiger partial charge in [-0.25, -0.2) is 4.98 Å². The van der Waals surface area contributed by atoms with Gasteiger partial charge in [0, 0.05) is 11.8 Å². The van der Waals surface area contributed by atoms with Gasteiger partial charge in [0.1, 0.15) is 5.75 Å². The summed E-state index contributed by atoms with van der Waals surface area (Å²) in [6.07, 6.45) is 1.72. The molecule has 1 aliphatic heterocycles. The summed E-state index contributed by atoms with van der Waals surface area (Å²) in [7, 11) is 0. The zero-order valence-corrected chi connectivity index (χ0v) is 14.6. The summed E-state index contributed by atoms with van der Waals surface area (Å²) in [6.45, 7) is 1.82. The van der Waals surface area contributed by atoms with Gasteiger partial charge in [0.05, 0.1) is 22.0 Å². The lowest BCUT2D eigenvalue weighted by Crippen LogP contribution is -2.25. The number of aromatic nitrogens is 2. The first-order valence-corrected chi connectivity index (χ1v) is 8.69. The highest BCUT2D eigenvalue weighted by Gasteiger charge is 2.19. The Morgan fingerprint density at radius 3 is 3.00 bits per heavy atom. The van der Waals surface area contributed by atoms with Crippen LogP contribution in [0.5, 0.6) is 5.75 Å².